The first-order valence-electron chi connectivity index (χ1n) is 13.9. The van der Waals surface area contributed by atoms with Crippen LogP contribution in [0.25, 0.3) is 5.69 Å². The summed E-state index contributed by atoms with van der Waals surface area (Å²) in [5, 5.41) is 16.4. The van der Waals surface area contributed by atoms with Crippen LogP contribution in [0.2, 0.25) is 0 Å². The van der Waals surface area contributed by atoms with Gasteiger partial charge in [-0.15, -0.1) is 0 Å². The van der Waals surface area contributed by atoms with Crippen LogP contribution in [0, 0.1) is 19.3 Å². The van der Waals surface area contributed by atoms with Gasteiger partial charge in [0, 0.05) is 40.4 Å². The minimum absolute atomic E-state index is 0.117. The molecule has 1 fully saturated rings. The van der Waals surface area contributed by atoms with Gasteiger partial charge in [-0.05, 0) is 86.2 Å². The molecule has 3 N–H and O–H groups in total. The van der Waals surface area contributed by atoms with Crippen LogP contribution in [0.1, 0.15) is 65.9 Å². The summed E-state index contributed by atoms with van der Waals surface area (Å²) < 4.78 is 7.83. The molecule has 2 atom stereocenters. The largest absolute Gasteiger partial charge is 0.494 e. The summed E-state index contributed by atoms with van der Waals surface area (Å²) in [6.45, 7) is 9.65. The van der Waals surface area contributed by atoms with E-state index in [2.05, 4.69) is 31.2 Å². The highest BCUT2D eigenvalue weighted by atomic mass is 32.1. The number of aryl methyl sites for hydroxylation is 1. The topological polar surface area (TPSA) is 109 Å². The molecule has 5 rings (SSSR count). The van der Waals surface area contributed by atoms with Crippen LogP contribution in [0.15, 0.2) is 72.9 Å². The summed E-state index contributed by atoms with van der Waals surface area (Å²) in [7, 11) is 1.57. The SMILES string of the molecule is COc1cc(N2C(=S)N[C@H](c3ccccn3)[C@H]2c2cc(C)n(-c3ccc(C(=O)O)cc3)c2C)ccc1NC(=O)C(C)(C)C. The van der Waals surface area contributed by atoms with Crippen molar-refractivity contribution in [2.75, 3.05) is 17.3 Å². The third kappa shape index (κ3) is 5.70. The second kappa shape index (κ2) is 11.5. The van der Waals surface area contributed by atoms with Crippen LogP contribution >= 0.6 is 12.2 Å². The van der Waals surface area contributed by atoms with Crippen molar-refractivity contribution >= 4 is 40.6 Å². The molecule has 2 aromatic carbocycles. The Morgan fingerprint density at radius 2 is 1.72 bits per heavy atom. The molecule has 0 saturated carbocycles. The summed E-state index contributed by atoms with van der Waals surface area (Å²) in [6, 6.07) is 19.9. The number of carbonyl (C=O) groups excluding carboxylic acids is 1. The van der Waals surface area contributed by atoms with Crippen LogP contribution in [0.3, 0.4) is 0 Å². The summed E-state index contributed by atoms with van der Waals surface area (Å²) in [6.07, 6.45) is 1.77. The minimum Gasteiger partial charge on any atom is -0.494 e. The second-order valence-corrected chi connectivity index (χ2v) is 12.0. The highest BCUT2D eigenvalue weighted by Gasteiger charge is 2.42. The van der Waals surface area contributed by atoms with Crippen molar-refractivity contribution in [2.24, 2.45) is 5.41 Å². The molecule has 222 valence electrons. The molecule has 2 aromatic heterocycles. The number of benzene rings is 2. The van der Waals surface area contributed by atoms with Gasteiger partial charge >= 0.3 is 5.97 Å². The zero-order valence-corrected chi connectivity index (χ0v) is 25.8. The van der Waals surface area contributed by atoms with Gasteiger partial charge in [0.05, 0.1) is 36.1 Å². The zero-order valence-electron chi connectivity index (χ0n) is 25.0. The smallest absolute Gasteiger partial charge is 0.335 e. The summed E-state index contributed by atoms with van der Waals surface area (Å²) in [5.74, 6) is -0.567. The van der Waals surface area contributed by atoms with Gasteiger partial charge in [0.2, 0.25) is 5.91 Å². The highest BCUT2D eigenvalue weighted by molar-refractivity contribution is 7.80. The van der Waals surface area contributed by atoms with E-state index in [9.17, 15) is 14.7 Å². The normalized spacial score (nSPS) is 16.6. The first-order chi connectivity index (χ1) is 20.4. The number of methoxy groups -OCH3 is 1. The Morgan fingerprint density at radius 3 is 2.33 bits per heavy atom. The van der Waals surface area contributed by atoms with Gasteiger partial charge in [-0.25, -0.2) is 4.79 Å². The lowest BCUT2D eigenvalue weighted by molar-refractivity contribution is -0.123. The van der Waals surface area contributed by atoms with Gasteiger partial charge in [0.1, 0.15) is 5.75 Å². The molecule has 0 spiro atoms. The molecule has 0 radical (unpaired) electrons. The van der Waals surface area contributed by atoms with Crippen molar-refractivity contribution in [2.45, 2.75) is 46.7 Å². The van der Waals surface area contributed by atoms with Gasteiger partial charge in [-0.1, -0.05) is 26.8 Å². The quantitative estimate of drug-likeness (QED) is 0.211. The lowest BCUT2D eigenvalue weighted by Gasteiger charge is -2.29. The molecular formula is C33H35N5O4S. The number of amides is 1. The Labute approximate surface area is 256 Å². The van der Waals surface area contributed by atoms with Crippen molar-refractivity contribution in [3.63, 3.8) is 0 Å². The van der Waals surface area contributed by atoms with E-state index in [0.29, 0.717) is 16.5 Å². The lowest BCUT2D eigenvalue weighted by Crippen LogP contribution is -2.30. The van der Waals surface area contributed by atoms with Gasteiger partial charge in [0.25, 0.3) is 0 Å². The summed E-state index contributed by atoms with van der Waals surface area (Å²) >= 11 is 5.94. The molecule has 4 aromatic rings. The van der Waals surface area contributed by atoms with Gasteiger partial charge in [-0.2, -0.15) is 0 Å². The number of hydrogen-bond donors (Lipinski definition) is 3. The average molecular weight is 598 g/mol. The number of nitrogens with one attached hydrogen (secondary N) is 2. The molecule has 10 heteroatoms. The van der Waals surface area contributed by atoms with E-state index in [1.54, 1.807) is 25.4 Å². The maximum atomic E-state index is 12.7. The lowest BCUT2D eigenvalue weighted by atomic mass is 9.95. The third-order valence-corrected chi connectivity index (χ3v) is 7.97. The fraction of sp³-hybridized carbons (Fsp3) is 0.273. The highest BCUT2D eigenvalue weighted by Crippen LogP contribution is 2.45. The molecule has 1 amide bonds. The van der Waals surface area contributed by atoms with Crippen LogP contribution in [0.5, 0.6) is 5.75 Å². The number of rotatable bonds is 7. The molecule has 9 nitrogen and oxygen atoms in total. The average Bonchev–Trinajstić information content (AvgIpc) is 3.47. The summed E-state index contributed by atoms with van der Waals surface area (Å²) in [5.41, 5.74) is 5.75. The van der Waals surface area contributed by atoms with Crippen molar-refractivity contribution in [1.82, 2.24) is 14.9 Å². The molecule has 0 aliphatic carbocycles. The van der Waals surface area contributed by atoms with Crippen molar-refractivity contribution < 1.29 is 19.4 Å². The maximum absolute atomic E-state index is 12.7. The van der Waals surface area contributed by atoms with Crippen molar-refractivity contribution in [3.05, 3.63) is 101 Å². The van der Waals surface area contributed by atoms with Crippen LogP contribution in [0.4, 0.5) is 11.4 Å². The first kappa shape index (κ1) is 29.8. The Bertz CT molecular complexity index is 1690. The number of carboxylic acid groups (broad SMARTS) is 1. The molecular weight excluding hydrogens is 562 g/mol. The number of ether oxygens (including phenoxy) is 1. The van der Waals surface area contributed by atoms with Gasteiger partial charge < -0.3 is 29.9 Å². The number of hydrogen-bond acceptors (Lipinski definition) is 5. The van der Waals surface area contributed by atoms with Crippen LogP contribution in [-0.4, -0.2) is 38.8 Å². The monoisotopic (exact) mass is 597 g/mol. The Morgan fingerprint density at radius 1 is 1.02 bits per heavy atom. The van der Waals surface area contributed by atoms with Crippen molar-refractivity contribution in [1.29, 1.82) is 0 Å². The number of nitrogens with zero attached hydrogens (tertiary/aromatic N) is 3. The standard InChI is InChI=1S/C33H35N5O4S/c1-19-17-24(20(2)37(19)22-12-10-21(11-13-22)30(39)40)29-28(26-9-7-8-16-34-26)36-32(43)38(29)23-14-15-25(27(18-23)42-6)35-31(41)33(3,4)5/h7-18,28-29H,1-6H3,(H,35,41)(H,36,43)(H,39,40)/t28-,29-/m1/s1. The van der Waals surface area contributed by atoms with E-state index >= 15 is 0 Å². The number of pyridine rings is 1. The van der Waals surface area contributed by atoms with E-state index in [4.69, 9.17) is 17.0 Å². The Hall–Kier alpha value is -4.70. The predicted molar refractivity (Wildman–Crippen MR) is 171 cm³/mol. The predicted octanol–water partition coefficient (Wildman–Crippen LogP) is 6.36. The number of carboxylic acids is 1. The number of anilines is 2. The molecule has 1 aliphatic rings. The molecule has 0 unspecified atom stereocenters. The second-order valence-electron chi connectivity index (χ2n) is 11.6. The minimum atomic E-state index is -0.966. The number of thiocarbonyl (C=S) groups is 1. The number of aromatic nitrogens is 2. The van der Waals surface area contributed by atoms with E-state index in [0.717, 1.165) is 34.0 Å². The molecule has 1 saturated heterocycles. The van der Waals surface area contributed by atoms with E-state index in [-0.39, 0.29) is 23.6 Å². The molecule has 0 bridgehead atoms. The number of aromatic carboxylic acids is 1. The van der Waals surface area contributed by atoms with E-state index in [1.807, 2.05) is 83.1 Å². The zero-order chi connectivity index (χ0) is 31.1. The molecule has 1 aliphatic heterocycles. The fourth-order valence-corrected chi connectivity index (χ4v) is 5.78. The Kier molecular flexibility index (Phi) is 7.98. The van der Waals surface area contributed by atoms with E-state index < -0.39 is 11.4 Å². The molecule has 3 heterocycles. The summed E-state index contributed by atoms with van der Waals surface area (Å²) in [4.78, 5) is 30.9. The van der Waals surface area contributed by atoms with Gasteiger partial charge in [0.15, 0.2) is 5.11 Å². The van der Waals surface area contributed by atoms with Crippen LogP contribution < -0.4 is 20.3 Å². The van der Waals surface area contributed by atoms with Crippen molar-refractivity contribution in [3.8, 4) is 11.4 Å². The third-order valence-electron chi connectivity index (χ3n) is 7.65. The first-order valence-corrected chi connectivity index (χ1v) is 14.3. The number of carbonyl (C=O) groups is 2. The Balaban J connectivity index is 1.61. The van der Waals surface area contributed by atoms with Gasteiger partial charge in [-0.3, -0.25) is 9.78 Å². The fourth-order valence-electron chi connectivity index (χ4n) is 5.43. The van der Waals surface area contributed by atoms with E-state index in [1.165, 1.54) is 0 Å². The molecule has 43 heavy (non-hydrogen) atoms. The maximum Gasteiger partial charge on any atom is 0.335 e. The van der Waals surface area contributed by atoms with Crippen LogP contribution in [-0.2, 0) is 4.79 Å².